The molecule has 1 aromatic rings. The van der Waals surface area contributed by atoms with Gasteiger partial charge in [-0.05, 0) is 34.9 Å². The highest BCUT2D eigenvalue weighted by molar-refractivity contribution is 7.89. The van der Waals surface area contributed by atoms with E-state index in [1.807, 2.05) is 25.9 Å². The average Bonchev–Trinajstić information content (AvgIpc) is 2.61. The first-order valence-corrected chi connectivity index (χ1v) is 7.96. The molecule has 0 bridgehead atoms. The first kappa shape index (κ1) is 17.6. The molecule has 1 heterocycles. The third-order valence-electron chi connectivity index (χ3n) is 3.32. The van der Waals surface area contributed by atoms with E-state index in [1.165, 1.54) is 4.68 Å². The highest BCUT2D eigenvalue weighted by Crippen LogP contribution is 2.19. The van der Waals surface area contributed by atoms with Gasteiger partial charge in [-0.1, -0.05) is 0 Å². The van der Waals surface area contributed by atoms with Crippen molar-refractivity contribution in [2.24, 2.45) is 0 Å². The van der Waals surface area contributed by atoms with Gasteiger partial charge in [0.15, 0.2) is 0 Å². The van der Waals surface area contributed by atoms with E-state index in [0.29, 0.717) is 11.4 Å². The monoisotopic (exact) mass is 318 g/mol. The maximum absolute atomic E-state index is 12.4. The predicted molar refractivity (Wildman–Crippen MR) is 77.7 cm³/mol. The van der Waals surface area contributed by atoms with Gasteiger partial charge in [-0.3, -0.25) is 9.48 Å². The minimum atomic E-state index is -3.72. The van der Waals surface area contributed by atoms with Gasteiger partial charge in [0, 0.05) is 12.6 Å². The summed E-state index contributed by atoms with van der Waals surface area (Å²) < 4.78 is 28.5. The summed E-state index contributed by atoms with van der Waals surface area (Å²) in [6.07, 6.45) is 0. The van der Waals surface area contributed by atoms with Crippen LogP contribution in [0.3, 0.4) is 0 Å². The lowest BCUT2D eigenvalue weighted by Crippen LogP contribution is -2.38. The summed E-state index contributed by atoms with van der Waals surface area (Å²) in [4.78, 5) is 12.7. The molecular weight excluding hydrogens is 296 g/mol. The lowest BCUT2D eigenvalue weighted by molar-refractivity contribution is -0.137. The number of hydrogen-bond donors (Lipinski definition) is 2. The maximum Gasteiger partial charge on any atom is 0.325 e. The van der Waals surface area contributed by atoms with Gasteiger partial charge in [0.25, 0.3) is 0 Å². The number of carboxylic acids is 1. The molecule has 0 spiro atoms. The summed E-state index contributed by atoms with van der Waals surface area (Å²) in [7, 11) is 0.00483. The SMILES string of the molecule is Cc1nn(CC(=O)O)c(C)c1S(=O)(=O)NCC(C)N(C)C. The second-order valence-electron chi connectivity index (χ2n) is 5.22. The number of likely N-dealkylation sites (N-methyl/N-ethyl adjacent to an activating group) is 1. The van der Waals surface area contributed by atoms with Gasteiger partial charge in [0.1, 0.15) is 11.4 Å². The number of nitrogens with zero attached hydrogens (tertiary/aromatic N) is 3. The number of hydrogen-bond acceptors (Lipinski definition) is 5. The predicted octanol–water partition coefficient (Wildman–Crippen LogP) is -0.187. The van der Waals surface area contributed by atoms with Crippen molar-refractivity contribution in [1.82, 2.24) is 19.4 Å². The molecule has 1 rings (SSSR count). The van der Waals surface area contributed by atoms with Gasteiger partial charge in [-0.2, -0.15) is 5.10 Å². The first-order valence-electron chi connectivity index (χ1n) is 6.48. The standard InChI is InChI=1S/C12H22N4O4S/c1-8(15(4)5)6-13-21(19,20)12-9(2)14-16(10(12)3)7-11(17)18/h8,13H,6-7H2,1-5H3,(H,17,18). The van der Waals surface area contributed by atoms with E-state index >= 15 is 0 Å². The quantitative estimate of drug-likeness (QED) is 0.722. The second-order valence-corrected chi connectivity index (χ2v) is 6.92. The molecule has 120 valence electrons. The fourth-order valence-corrected chi connectivity index (χ4v) is 3.37. The molecule has 1 unspecified atom stereocenters. The van der Waals surface area contributed by atoms with Gasteiger partial charge in [0.05, 0.1) is 11.4 Å². The van der Waals surface area contributed by atoms with Gasteiger partial charge in [0.2, 0.25) is 10.0 Å². The molecule has 0 fully saturated rings. The van der Waals surface area contributed by atoms with Crippen molar-refractivity contribution in [2.45, 2.75) is 38.3 Å². The van der Waals surface area contributed by atoms with Crippen molar-refractivity contribution < 1.29 is 18.3 Å². The van der Waals surface area contributed by atoms with Gasteiger partial charge < -0.3 is 10.0 Å². The summed E-state index contributed by atoms with van der Waals surface area (Å²) in [6.45, 7) is 4.90. The van der Waals surface area contributed by atoms with E-state index in [-0.39, 0.29) is 24.0 Å². The molecule has 8 nitrogen and oxygen atoms in total. The molecule has 1 atom stereocenters. The van der Waals surface area contributed by atoms with Crippen LogP contribution < -0.4 is 4.72 Å². The minimum Gasteiger partial charge on any atom is -0.480 e. The number of rotatable bonds is 7. The van der Waals surface area contributed by atoms with Crippen LogP contribution in [0.5, 0.6) is 0 Å². The summed E-state index contributed by atoms with van der Waals surface area (Å²) in [5.41, 5.74) is 0.610. The fourth-order valence-electron chi connectivity index (χ4n) is 1.84. The van der Waals surface area contributed by atoms with Crippen LogP contribution in [0, 0.1) is 13.8 Å². The van der Waals surface area contributed by atoms with E-state index in [0.717, 1.165) is 0 Å². The fraction of sp³-hybridized carbons (Fsp3) is 0.667. The van der Waals surface area contributed by atoms with Crippen molar-refractivity contribution in [1.29, 1.82) is 0 Å². The molecule has 21 heavy (non-hydrogen) atoms. The summed E-state index contributed by atoms with van der Waals surface area (Å²) >= 11 is 0. The Bertz CT molecular complexity index is 621. The van der Waals surface area contributed by atoms with Crippen LogP contribution in [0.2, 0.25) is 0 Å². The molecule has 1 aromatic heterocycles. The van der Waals surface area contributed by atoms with Crippen molar-refractivity contribution in [2.75, 3.05) is 20.6 Å². The number of sulfonamides is 1. The van der Waals surface area contributed by atoms with Gasteiger partial charge >= 0.3 is 5.97 Å². The normalized spacial score (nSPS) is 13.6. The van der Waals surface area contributed by atoms with Gasteiger partial charge in [-0.25, -0.2) is 13.1 Å². The highest BCUT2D eigenvalue weighted by Gasteiger charge is 2.25. The Hall–Kier alpha value is -1.45. The zero-order valence-corrected chi connectivity index (χ0v) is 13.7. The smallest absolute Gasteiger partial charge is 0.325 e. The lowest BCUT2D eigenvalue weighted by atomic mass is 10.3. The Kier molecular flexibility index (Phi) is 5.48. The van der Waals surface area contributed by atoms with Crippen LogP contribution in [0.25, 0.3) is 0 Å². The zero-order chi connectivity index (χ0) is 16.4. The Balaban J connectivity index is 3.03. The number of carbonyl (C=O) groups is 1. The van der Waals surface area contributed by atoms with E-state index in [2.05, 4.69) is 9.82 Å². The second kappa shape index (κ2) is 6.54. The molecule has 0 aliphatic rings. The highest BCUT2D eigenvalue weighted by atomic mass is 32.2. The van der Waals surface area contributed by atoms with Crippen LogP contribution in [-0.2, 0) is 21.4 Å². The minimum absolute atomic E-state index is 0.0365. The van der Waals surface area contributed by atoms with Crippen molar-refractivity contribution in [3.05, 3.63) is 11.4 Å². The number of nitrogens with one attached hydrogen (secondary N) is 1. The molecule has 0 saturated carbocycles. The maximum atomic E-state index is 12.4. The van der Waals surface area contributed by atoms with E-state index in [1.54, 1.807) is 13.8 Å². The van der Waals surface area contributed by atoms with Gasteiger partial charge in [-0.15, -0.1) is 0 Å². The summed E-state index contributed by atoms with van der Waals surface area (Å²) in [6, 6.07) is 0.0365. The van der Waals surface area contributed by atoms with Crippen molar-refractivity contribution in [3.8, 4) is 0 Å². The van der Waals surface area contributed by atoms with Crippen LogP contribution in [0.1, 0.15) is 18.3 Å². The molecule has 0 aliphatic carbocycles. The number of aryl methyl sites for hydroxylation is 1. The Morgan fingerprint density at radius 2 is 2.00 bits per heavy atom. The molecule has 0 amide bonds. The third-order valence-corrected chi connectivity index (χ3v) is 4.99. The van der Waals surface area contributed by atoms with E-state index in [9.17, 15) is 13.2 Å². The number of aliphatic carboxylic acids is 1. The molecule has 0 saturated heterocycles. The Morgan fingerprint density at radius 1 is 1.43 bits per heavy atom. The number of aromatic nitrogens is 2. The average molecular weight is 318 g/mol. The van der Waals surface area contributed by atoms with Crippen LogP contribution in [0.15, 0.2) is 4.90 Å². The summed E-state index contributed by atoms with van der Waals surface area (Å²) in [5, 5.41) is 12.8. The molecule has 0 aliphatic heterocycles. The summed E-state index contributed by atoms with van der Waals surface area (Å²) in [5.74, 6) is -1.07. The Labute approximate surface area is 124 Å². The van der Waals surface area contributed by atoms with E-state index < -0.39 is 16.0 Å². The lowest BCUT2D eigenvalue weighted by Gasteiger charge is -2.20. The molecule has 0 radical (unpaired) electrons. The number of carboxylic acid groups (broad SMARTS) is 1. The van der Waals surface area contributed by atoms with Crippen molar-refractivity contribution in [3.63, 3.8) is 0 Å². The van der Waals surface area contributed by atoms with E-state index in [4.69, 9.17) is 5.11 Å². The van der Waals surface area contributed by atoms with Crippen molar-refractivity contribution >= 4 is 16.0 Å². The molecular formula is C12H22N4O4S. The Morgan fingerprint density at radius 3 is 2.48 bits per heavy atom. The third kappa shape index (κ3) is 4.26. The largest absolute Gasteiger partial charge is 0.480 e. The first-order chi connectivity index (χ1) is 9.56. The van der Waals surface area contributed by atoms with Crippen LogP contribution >= 0.6 is 0 Å². The van der Waals surface area contributed by atoms with Crippen LogP contribution in [0.4, 0.5) is 0 Å². The topological polar surface area (TPSA) is 105 Å². The zero-order valence-electron chi connectivity index (χ0n) is 12.9. The molecule has 9 heteroatoms. The molecule has 0 aromatic carbocycles. The molecule has 2 N–H and O–H groups in total. The van der Waals surface area contributed by atoms with Crippen LogP contribution in [-0.4, -0.2) is 60.9 Å².